The van der Waals surface area contributed by atoms with Gasteiger partial charge in [0.15, 0.2) is 0 Å². The van der Waals surface area contributed by atoms with E-state index in [4.69, 9.17) is 11.6 Å². The zero-order chi connectivity index (χ0) is 14.4. The predicted octanol–water partition coefficient (Wildman–Crippen LogP) is 4.03. The van der Waals surface area contributed by atoms with Gasteiger partial charge in [0.1, 0.15) is 5.03 Å². The second kappa shape index (κ2) is 7.62. The smallest absolute Gasteiger partial charge is 0.119 e. The number of nitrogens with one attached hydrogen (secondary N) is 1. The van der Waals surface area contributed by atoms with Crippen LogP contribution in [0.5, 0.6) is 0 Å². The molecule has 1 N–H and O–H groups in total. The molecule has 0 aliphatic rings. The molecule has 0 saturated heterocycles. The van der Waals surface area contributed by atoms with Crippen LogP contribution in [0.4, 0.5) is 0 Å². The van der Waals surface area contributed by atoms with Gasteiger partial charge in [0.25, 0.3) is 0 Å². The number of hydrogen-bond acceptors (Lipinski definition) is 4. The van der Waals surface area contributed by atoms with E-state index in [1.807, 2.05) is 12.1 Å². The molecule has 1 aromatic heterocycles. The van der Waals surface area contributed by atoms with Crippen LogP contribution >= 0.6 is 23.4 Å². The second-order valence-corrected chi connectivity index (χ2v) is 6.34. The maximum atomic E-state index is 6.32. The van der Waals surface area contributed by atoms with Gasteiger partial charge in [-0.15, -0.1) is 0 Å². The van der Waals surface area contributed by atoms with E-state index in [1.54, 1.807) is 30.4 Å². The lowest BCUT2D eigenvalue weighted by Gasteiger charge is -2.12. The molecule has 106 valence electrons. The summed E-state index contributed by atoms with van der Waals surface area (Å²) in [5, 5.41) is 5.05. The molecule has 2 rings (SSSR count). The molecule has 1 aromatic carbocycles. The van der Waals surface area contributed by atoms with Gasteiger partial charge in [0.2, 0.25) is 0 Å². The summed E-state index contributed by atoms with van der Waals surface area (Å²) in [6, 6.07) is 5.99. The molecular formula is C15H18ClN3S. The van der Waals surface area contributed by atoms with E-state index in [0.717, 1.165) is 28.0 Å². The summed E-state index contributed by atoms with van der Waals surface area (Å²) in [6.07, 6.45) is 5.11. The van der Waals surface area contributed by atoms with Crippen molar-refractivity contribution in [1.82, 2.24) is 15.3 Å². The standard InChI is InChI=1S/C15H18ClN3S/c1-11(2)8-18-9-12-4-3-5-13(16)15(12)20-14-10-17-6-7-19-14/h3-7,10-11,18H,8-9H2,1-2H3. The molecule has 0 atom stereocenters. The maximum absolute atomic E-state index is 6.32. The molecule has 0 aliphatic heterocycles. The Labute approximate surface area is 129 Å². The fourth-order valence-electron chi connectivity index (χ4n) is 1.75. The molecular weight excluding hydrogens is 290 g/mol. The first kappa shape index (κ1) is 15.3. The monoisotopic (exact) mass is 307 g/mol. The lowest BCUT2D eigenvalue weighted by atomic mass is 10.2. The molecule has 0 unspecified atom stereocenters. The summed E-state index contributed by atoms with van der Waals surface area (Å²) in [6.45, 7) is 6.18. The molecule has 0 aliphatic carbocycles. The number of rotatable bonds is 6. The molecule has 0 bridgehead atoms. The molecule has 5 heteroatoms. The number of nitrogens with zero attached hydrogens (tertiary/aromatic N) is 2. The Morgan fingerprint density at radius 1 is 1.30 bits per heavy atom. The SMILES string of the molecule is CC(C)CNCc1cccc(Cl)c1Sc1cnccn1. The molecule has 2 aromatic rings. The Morgan fingerprint density at radius 3 is 2.85 bits per heavy atom. The Bertz CT molecular complexity index is 546. The number of aromatic nitrogens is 2. The van der Waals surface area contributed by atoms with Gasteiger partial charge >= 0.3 is 0 Å². The van der Waals surface area contributed by atoms with Crippen molar-refractivity contribution in [2.24, 2.45) is 5.92 Å². The minimum absolute atomic E-state index is 0.630. The van der Waals surface area contributed by atoms with E-state index < -0.39 is 0 Å². The Morgan fingerprint density at radius 2 is 2.15 bits per heavy atom. The first-order valence-corrected chi connectivity index (χ1v) is 7.78. The summed E-state index contributed by atoms with van der Waals surface area (Å²) in [4.78, 5) is 9.42. The van der Waals surface area contributed by atoms with Crippen LogP contribution < -0.4 is 5.32 Å². The van der Waals surface area contributed by atoms with E-state index in [0.29, 0.717) is 5.92 Å². The molecule has 0 spiro atoms. The van der Waals surface area contributed by atoms with Crippen molar-refractivity contribution < 1.29 is 0 Å². The second-order valence-electron chi connectivity index (χ2n) is 4.90. The predicted molar refractivity (Wildman–Crippen MR) is 84.2 cm³/mol. The van der Waals surface area contributed by atoms with Crippen LogP contribution in [0.3, 0.4) is 0 Å². The zero-order valence-corrected chi connectivity index (χ0v) is 13.2. The van der Waals surface area contributed by atoms with Gasteiger partial charge in [-0.25, -0.2) is 4.98 Å². The van der Waals surface area contributed by atoms with Crippen molar-refractivity contribution in [3.8, 4) is 0 Å². The van der Waals surface area contributed by atoms with Crippen LogP contribution in [0, 0.1) is 5.92 Å². The molecule has 0 saturated carbocycles. The molecule has 20 heavy (non-hydrogen) atoms. The third-order valence-electron chi connectivity index (χ3n) is 2.66. The third-order valence-corrected chi connectivity index (χ3v) is 4.20. The van der Waals surface area contributed by atoms with Crippen LogP contribution in [0.15, 0.2) is 46.7 Å². The number of benzene rings is 1. The molecule has 3 nitrogen and oxygen atoms in total. The van der Waals surface area contributed by atoms with Crippen molar-refractivity contribution in [2.45, 2.75) is 30.3 Å². The van der Waals surface area contributed by atoms with Crippen molar-refractivity contribution in [3.63, 3.8) is 0 Å². The highest BCUT2D eigenvalue weighted by Gasteiger charge is 2.09. The van der Waals surface area contributed by atoms with Gasteiger partial charge < -0.3 is 5.32 Å². The highest BCUT2D eigenvalue weighted by atomic mass is 35.5. The quantitative estimate of drug-likeness (QED) is 0.874. The van der Waals surface area contributed by atoms with Gasteiger partial charge in [-0.2, -0.15) is 0 Å². The van der Waals surface area contributed by atoms with Crippen LogP contribution in [-0.4, -0.2) is 16.5 Å². The summed E-state index contributed by atoms with van der Waals surface area (Å²) < 4.78 is 0. The van der Waals surface area contributed by atoms with Crippen LogP contribution in [0.2, 0.25) is 5.02 Å². The van der Waals surface area contributed by atoms with Crippen molar-refractivity contribution >= 4 is 23.4 Å². The first-order chi connectivity index (χ1) is 9.66. The van der Waals surface area contributed by atoms with Crippen molar-refractivity contribution in [1.29, 1.82) is 0 Å². The van der Waals surface area contributed by atoms with E-state index in [1.165, 1.54) is 5.56 Å². The topological polar surface area (TPSA) is 37.8 Å². The summed E-state index contributed by atoms with van der Waals surface area (Å²) in [7, 11) is 0. The van der Waals surface area contributed by atoms with Crippen LogP contribution in [-0.2, 0) is 6.54 Å². The fourth-order valence-corrected chi connectivity index (χ4v) is 2.93. The van der Waals surface area contributed by atoms with Crippen LogP contribution in [0.25, 0.3) is 0 Å². The first-order valence-electron chi connectivity index (χ1n) is 6.59. The minimum Gasteiger partial charge on any atom is -0.312 e. The summed E-state index contributed by atoms with van der Waals surface area (Å²) >= 11 is 7.88. The average Bonchev–Trinajstić information content (AvgIpc) is 2.43. The van der Waals surface area contributed by atoms with E-state index >= 15 is 0 Å². The van der Waals surface area contributed by atoms with Gasteiger partial charge in [0, 0.05) is 23.8 Å². The average molecular weight is 308 g/mol. The van der Waals surface area contributed by atoms with Crippen molar-refractivity contribution in [2.75, 3.05) is 6.54 Å². The zero-order valence-electron chi connectivity index (χ0n) is 11.6. The Hall–Kier alpha value is -1.10. The van der Waals surface area contributed by atoms with E-state index in [2.05, 4.69) is 35.2 Å². The number of halogens is 1. The Kier molecular flexibility index (Phi) is 5.83. The molecule has 1 heterocycles. The van der Waals surface area contributed by atoms with Crippen LogP contribution in [0.1, 0.15) is 19.4 Å². The van der Waals surface area contributed by atoms with E-state index in [9.17, 15) is 0 Å². The number of hydrogen-bond donors (Lipinski definition) is 1. The lowest BCUT2D eigenvalue weighted by molar-refractivity contribution is 0.550. The van der Waals surface area contributed by atoms with Gasteiger partial charge in [-0.1, -0.05) is 49.3 Å². The highest BCUT2D eigenvalue weighted by Crippen LogP contribution is 2.34. The highest BCUT2D eigenvalue weighted by molar-refractivity contribution is 7.99. The van der Waals surface area contributed by atoms with E-state index in [-0.39, 0.29) is 0 Å². The molecule has 0 radical (unpaired) electrons. The fraction of sp³-hybridized carbons (Fsp3) is 0.333. The van der Waals surface area contributed by atoms with Gasteiger partial charge in [0.05, 0.1) is 11.2 Å². The summed E-state index contributed by atoms with van der Waals surface area (Å²) in [5.74, 6) is 0.630. The third kappa shape index (κ3) is 4.47. The Balaban J connectivity index is 2.14. The van der Waals surface area contributed by atoms with Gasteiger partial charge in [-0.3, -0.25) is 4.98 Å². The maximum Gasteiger partial charge on any atom is 0.119 e. The van der Waals surface area contributed by atoms with Crippen molar-refractivity contribution in [3.05, 3.63) is 47.4 Å². The normalized spacial score (nSPS) is 11.0. The lowest BCUT2D eigenvalue weighted by Crippen LogP contribution is -2.19. The molecule has 0 fully saturated rings. The summed E-state index contributed by atoms with van der Waals surface area (Å²) in [5.41, 5.74) is 1.19. The van der Waals surface area contributed by atoms with Gasteiger partial charge in [-0.05, 0) is 24.1 Å². The molecule has 0 amide bonds. The minimum atomic E-state index is 0.630. The largest absolute Gasteiger partial charge is 0.312 e.